The minimum absolute atomic E-state index is 0. The number of fused-ring (bicyclic) bond motifs is 3. The van der Waals surface area contributed by atoms with Gasteiger partial charge in [0.2, 0.25) is 0 Å². The molecule has 1 aliphatic heterocycles. The summed E-state index contributed by atoms with van der Waals surface area (Å²) in [6.45, 7) is 4.48. The summed E-state index contributed by atoms with van der Waals surface area (Å²) in [6.07, 6.45) is 1.91. The van der Waals surface area contributed by atoms with E-state index in [0.717, 1.165) is 35.1 Å². The number of nitrogens with one attached hydrogen (secondary N) is 1. The van der Waals surface area contributed by atoms with Crippen LogP contribution in [0, 0.1) is 0 Å². The van der Waals surface area contributed by atoms with Crippen LogP contribution < -0.4 is 17.3 Å². The van der Waals surface area contributed by atoms with Crippen molar-refractivity contribution in [1.82, 2.24) is 0 Å². The molecule has 4 rings (SSSR count). The Labute approximate surface area is 161 Å². The number of piperidine rings is 1. The lowest BCUT2D eigenvalue weighted by atomic mass is 9.94. The zero-order chi connectivity index (χ0) is 17.6. The molecule has 2 aromatic carbocycles. The molecule has 1 heterocycles. The van der Waals surface area contributed by atoms with Gasteiger partial charge in [0.25, 0.3) is 0 Å². The molecule has 138 valence electrons. The topological polar surface area (TPSA) is 30.7 Å². The van der Waals surface area contributed by atoms with E-state index < -0.39 is 0 Å². The standard InChI is InChI=1S/C22H25NO2.ClH/c1-14-12-16(13-15(2)23(14)3)25-22(24)21-19-10-6-4-8-17(19)18-9-5-7-11-20(18)21;/h4-11,14-16,21H,12-13H2,1-3H3;1H. The number of halogens is 1. The number of carbonyl (C=O) groups is 1. The summed E-state index contributed by atoms with van der Waals surface area (Å²) in [4.78, 5) is 14.6. The number of benzene rings is 2. The molecule has 2 aliphatic rings. The average Bonchev–Trinajstić information content (AvgIpc) is 2.94. The van der Waals surface area contributed by atoms with Crippen molar-refractivity contribution in [1.29, 1.82) is 0 Å². The molecule has 0 amide bonds. The second-order valence-corrected chi connectivity index (χ2v) is 7.68. The van der Waals surface area contributed by atoms with Gasteiger partial charge >= 0.3 is 5.97 Å². The predicted molar refractivity (Wildman–Crippen MR) is 98.6 cm³/mol. The molecule has 1 saturated heterocycles. The Morgan fingerprint density at radius 1 is 0.923 bits per heavy atom. The molecular weight excluding hydrogens is 346 g/mol. The smallest absolute Gasteiger partial charge is 0.318 e. The zero-order valence-corrected chi connectivity index (χ0v) is 16.3. The minimum atomic E-state index is -0.287. The van der Waals surface area contributed by atoms with E-state index in [-0.39, 0.29) is 30.4 Å². The van der Waals surface area contributed by atoms with Crippen molar-refractivity contribution < 1.29 is 26.8 Å². The van der Waals surface area contributed by atoms with Crippen LogP contribution in [0.4, 0.5) is 0 Å². The van der Waals surface area contributed by atoms with Crippen LogP contribution in [0.1, 0.15) is 43.7 Å². The van der Waals surface area contributed by atoms with Crippen LogP contribution in [0.3, 0.4) is 0 Å². The lowest BCUT2D eigenvalue weighted by molar-refractivity contribution is -0.933. The van der Waals surface area contributed by atoms with Crippen LogP contribution in [0.2, 0.25) is 0 Å². The highest BCUT2D eigenvalue weighted by molar-refractivity contribution is 5.93. The van der Waals surface area contributed by atoms with E-state index in [4.69, 9.17) is 4.74 Å². The van der Waals surface area contributed by atoms with E-state index in [0.29, 0.717) is 12.1 Å². The van der Waals surface area contributed by atoms with Gasteiger partial charge < -0.3 is 22.0 Å². The molecule has 0 radical (unpaired) electrons. The van der Waals surface area contributed by atoms with Gasteiger partial charge in [0, 0.05) is 12.8 Å². The lowest BCUT2D eigenvalue weighted by Crippen LogP contribution is -3.17. The van der Waals surface area contributed by atoms with Crippen molar-refractivity contribution in [3.8, 4) is 11.1 Å². The SMILES string of the molecule is CC1CC(OC(=O)C2c3ccccc3-c3ccccc32)CC(C)[NH+]1C.[Cl-]. The Kier molecular flexibility index (Phi) is 5.40. The van der Waals surface area contributed by atoms with Gasteiger partial charge in [0.15, 0.2) is 0 Å². The van der Waals surface area contributed by atoms with Gasteiger partial charge in [-0.3, -0.25) is 4.79 Å². The number of hydrogen-bond acceptors (Lipinski definition) is 2. The van der Waals surface area contributed by atoms with Gasteiger partial charge in [-0.25, -0.2) is 0 Å². The third kappa shape index (κ3) is 3.15. The van der Waals surface area contributed by atoms with E-state index in [1.807, 2.05) is 24.3 Å². The molecule has 0 aromatic heterocycles. The van der Waals surface area contributed by atoms with Crippen molar-refractivity contribution in [2.75, 3.05) is 7.05 Å². The number of likely N-dealkylation sites (tertiary alicyclic amines) is 1. The van der Waals surface area contributed by atoms with Gasteiger partial charge in [-0.1, -0.05) is 48.5 Å². The third-order valence-corrected chi connectivity index (χ3v) is 6.14. The Morgan fingerprint density at radius 2 is 1.38 bits per heavy atom. The molecule has 2 unspecified atom stereocenters. The van der Waals surface area contributed by atoms with Crippen molar-refractivity contribution in [2.45, 2.75) is 50.8 Å². The monoisotopic (exact) mass is 371 g/mol. The van der Waals surface area contributed by atoms with Gasteiger partial charge in [-0.05, 0) is 36.1 Å². The molecule has 0 bridgehead atoms. The highest BCUT2D eigenvalue weighted by atomic mass is 35.5. The molecule has 1 aliphatic carbocycles. The normalized spacial score (nSPS) is 27.2. The number of carbonyl (C=O) groups excluding carboxylic acids is 1. The lowest BCUT2D eigenvalue weighted by Gasteiger charge is -2.37. The summed E-state index contributed by atoms with van der Waals surface area (Å²) in [6, 6.07) is 17.4. The minimum Gasteiger partial charge on any atom is -1.00 e. The van der Waals surface area contributed by atoms with Crippen molar-refractivity contribution >= 4 is 5.97 Å². The molecule has 26 heavy (non-hydrogen) atoms. The van der Waals surface area contributed by atoms with E-state index >= 15 is 0 Å². The van der Waals surface area contributed by atoms with Crippen LogP contribution in [0.5, 0.6) is 0 Å². The first-order valence-electron chi connectivity index (χ1n) is 9.28. The molecule has 0 saturated carbocycles. The number of quaternary nitrogens is 1. The van der Waals surface area contributed by atoms with Gasteiger partial charge in [0.1, 0.15) is 12.0 Å². The molecule has 1 N–H and O–H groups in total. The van der Waals surface area contributed by atoms with Gasteiger partial charge in [-0.15, -0.1) is 0 Å². The van der Waals surface area contributed by atoms with Crippen molar-refractivity contribution in [3.05, 3.63) is 59.7 Å². The second-order valence-electron chi connectivity index (χ2n) is 7.68. The third-order valence-electron chi connectivity index (χ3n) is 6.14. The first-order chi connectivity index (χ1) is 12.1. The highest BCUT2D eigenvalue weighted by Crippen LogP contribution is 2.45. The molecular formula is C22H26ClNO2. The molecule has 2 atom stereocenters. The number of rotatable bonds is 2. The van der Waals surface area contributed by atoms with E-state index in [9.17, 15) is 4.79 Å². The zero-order valence-electron chi connectivity index (χ0n) is 15.5. The van der Waals surface area contributed by atoms with E-state index in [2.05, 4.69) is 45.2 Å². The summed E-state index contributed by atoms with van der Waals surface area (Å²) in [5.41, 5.74) is 4.48. The summed E-state index contributed by atoms with van der Waals surface area (Å²) < 4.78 is 6.03. The maximum Gasteiger partial charge on any atom is 0.318 e. The quantitative estimate of drug-likeness (QED) is 0.741. The fourth-order valence-corrected chi connectivity index (χ4v) is 4.48. The van der Waals surface area contributed by atoms with Crippen LogP contribution in [-0.4, -0.2) is 31.2 Å². The first kappa shape index (κ1) is 18.9. The number of ether oxygens (including phenoxy) is 1. The van der Waals surface area contributed by atoms with Crippen molar-refractivity contribution in [3.63, 3.8) is 0 Å². The molecule has 2 aromatic rings. The predicted octanol–water partition coefficient (Wildman–Crippen LogP) is -0.200. The number of hydrogen-bond donors (Lipinski definition) is 1. The first-order valence-corrected chi connectivity index (χ1v) is 9.28. The fraction of sp³-hybridized carbons (Fsp3) is 0.409. The molecule has 3 nitrogen and oxygen atoms in total. The Bertz CT molecular complexity index is 749. The summed E-state index contributed by atoms with van der Waals surface area (Å²) in [5, 5.41) is 0. The molecule has 0 spiro atoms. The summed E-state index contributed by atoms with van der Waals surface area (Å²) >= 11 is 0. The van der Waals surface area contributed by atoms with Crippen LogP contribution in [0.15, 0.2) is 48.5 Å². The number of esters is 1. The maximum atomic E-state index is 13.1. The Balaban J connectivity index is 0.00000196. The molecule has 1 fully saturated rings. The van der Waals surface area contributed by atoms with E-state index in [1.54, 1.807) is 0 Å². The highest BCUT2D eigenvalue weighted by Gasteiger charge is 2.38. The average molecular weight is 372 g/mol. The van der Waals surface area contributed by atoms with Crippen molar-refractivity contribution in [2.24, 2.45) is 0 Å². The summed E-state index contributed by atoms with van der Waals surface area (Å²) in [5.74, 6) is -0.383. The Hall–Kier alpha value is -1.84. The maximum absolute atomic E-state index is 13.1. The second kappa shape index (κ2) is 7.42. The van der Waals surface area contributed by atoms with Crippen LogP contribution >= 0.6 is 0 Å². The largest absolute Gasteiger partial charge is 1.00 e. The van der Waals surface area contributed by atoms with Crippen LogP contribution in [-0.2, 0) is 9.53 Å². The van der Waals surface area contributed by atoms with Gasteiger partial charge in [-0.2, -0.15) is 0 Å². The fourth-order valence-electron chi connectivity index (χ4n) is 4.48. The Morgan fingerprint density at radius 3 is 1.88 bits per heavy atom. The van der Waals surface area contributed by atoms with Crippen LogP contribution in [0.25, 0.3) is 11.1 Å². The van der Waals surface area contributed by atoms with E-state index in [1.165, 1.54) is 4.90 Å². The summed E-state index contributed by atoms with van der Waals surface area (Å²) in [7, 11) is 2.23. The van der Waals surface area contributed by atoms with Gasteiger partial charge in [0.05, 0.1) is 19.1 Å². The molecule has 4 heteroatoms.